The normalized spacial score (nSPS) is 13.6. The van der Waals surface area contributed by atoms with E-state index in [-0.39, 0.29) is 29.4 Å². The first-order chi connectivity index (χ1) is 11.2. The number of alkyl halides is 3. The highest BCUT2D eigenvalue weighted by molar-refractivity contribution is 5.88. The van der Waals surface area contributed by atoms with Crippen molar-refractivity contribution in [2.75, 3.05) is 0 Å². The lowest BCUT2D eigenvalue weighted by Gasteiger charge is -2.09. The molecule has 3 rings (SSSR count). The van der Waals surface area contributed by atoms with Crippen LogP contribution in [0.3, 0.4) is 0 Å². The second kappa shape index (κ2) is 5.36. The molecule has 1 aromatic carbocycles. The van der Waals surface area contributed by atoms with E-state index in [0.717, 1.165) is 16.7 Å². The van der Waals surface area contributed by atoms with E-state index in [9.17, 15) is 22.8 Å². The number of halogens is 3. The summed E-state index contributed by atoms with van der Waals surface area (Å²) < 4.78 is 45.7. The van der Waals surface area contributed by atoms with Crippen molar-refractivity contribution in [1.29, 1.82) is 0 Å². The van der Waals surface area contributed by atoms with Gasteiger partial charge in [0.1, 0.15) is 11.6 Å². The van der Waals surface area contributed by atoms with E-state index in [1.807, 2.05) is 0 Å². The number of aromatic nitrogens is 2. The zero-order valence-electron chi connectivity index (χ0n) is 12.7. The average molecular weight is 339 g/mol. The first kappa shape index (κ1) is 16.0. The fourth-order valence-electron chi connectivity index (χ4n) is 2.44. The van der Waals surface area contributed by atoms with Gasteiger partial charge in [0.05, 0.1) is 17.5 Å². The lowest BCUT2D eigenvalue weighted by Crippen LogP contribution is -2.38. The zero-order valence-corrected chi connectivity index (χ0v) is 12.7. The first-order valence-corrected chi connectivity index (χ1v) is 6.90. The van der Waals surface area contributed by atoms with Gasteiger partial charge in [0.2, 0.25) is 5.90 Å². The van der Waals surface area contributed by atoms with Gasteiger partial charge >= 0.3 is 11.9 Å². The van der Waals surface area contributed by atoms with Crippen molar-refractivity contribution in [2.45, 2.75) is 12.6 Å². The fourth-order valence-corrected chi connectivity index (χ4v) is 2.44. The molecule has 24 heavy (non-hydrogen) atoms. The smallest absolute Gasteiger partial charge is 0.416 e. The van der Waals surface area contributed by atoms with Crippen LogP contribution in [-0.4, -0.2) is 15.0 Å². The summed E-state index contributed by atoms with van der Waals surface area (Å²) in [6.45, 7) is 0. The molecule has 0 saturated carbocycles. The van der Waals surface area contributed by atoms with E-state index in [4.69, 9.17) is 4.74 Å². The number of hydrogen-bond acceptors (Lipinski definition) is 4. The fraction of sp³-hybridized carbons (Fsp3) is 0.267. The second-order valence-electron chi connectivity index (χ2n) is 5.32. The molecule has 9 heteroatoms. The van der Waals surface area contributed by atoms with Crippen LogP contribution in [0.4, 0.5) is 19.0 Å². The maximum atomic E-state index is 12.7. The van der Waals surface area contributed by atoms with Gasteiger partial charge < -0.3 is 4.74 Å². The maximum Gasteiger partial charge on any atom is 0.416 e. The Bertz CT molecular complexity index is 971. The molecule has 2 heterocycles. The lowest BCUT2D eigenvalue weighted by atomic mass is 10.2. The van der Waals surface area contributed by atoms with Crippen LogP contribution in [0.1, 0.15) is 11.1 Å². The van der Waals surface area contributed by atoms with Gasteiger partial charge in [-0.15, -0.1) is 0 Å². The molecule has 0 saturated heterocycles. The number of ether oxygens (including phenoxy) is 1. The Labute approximate surface area is 133 Å². The van der Waals surface area contributed by atoms with Crippen molar-refractivity contribution in [3.63, 3.8) is 0 Å². The van der Waals surface area contributed by atoms with E-state index >= 15 is 0 Å². The summed E-state index contributed by atoms with van der Waals surface area (Å²) in [6, 6.07) is 4.35. The summed E-state index contributed by atoms with van der Waals surface area (Å²) in [5, 5.41) is 0. The highest BCUT2D eigenvalue weighted by Crippen LogP contribution is 2.32. The molecule has 126 valence electrons. The minimum absolute atomic E-state index is 0.00632. The van der Waals surface area contributed by atoms with Gasteiger partial charge in [0.15, 0.2) is 0 Å². The molecule has 0 bridgehead atoms. The van der Waals surface area contributed by atoms with E-state index in [0.29, 0.717) is 0 Å². The van der Waals surface area contributed by atoms with Crippen LogP contribution in [0.15, 0.2) is 38.8 Å². The molecule has 1 aliphatic rings. The van der Waals surface area contributed by atoms with Gasteiger partial charge in [-0.2, -0.15) is 18.2 Å². The topological polar surface area (TPSA) is 65.6 Å². The zero-order chi connectivity index (χ0) is 17.6. The molecule has 0 spiro atoms. The van der Waals surface area contributed by atoms with Crippen LogP contribution < -0.4 is 16.0 Å². The standard InChI is InChI=1S/C15H12F3N3O3/c1-20-12-10(13(22)21(2)14(20)23)7-11(19-12)24-9-5-3-4-8(6-9)15(16,17)18/h3-6H,7H2,1-2H3. The van der Waals surface area contributed by atoms with E-state index in [1.165, 1.54) is 30.8 Å². The highest BCUT2D eigenvalue weighted by atomic mass is 19.4. The third kappa shape index (κ3) is 2.61. The molecule has 0 radical (unpaired) electrons. The Balaban J connectivity index is 1.95. The molecule has 1 aliphatic heterocycles. The van der Waals surface area contributed by atoms with Crippen LogP contribution in [0.25, 0.3) is 0 Å². The Morgan fingerprint density at radius 2 is 1.88 bits per heavy atom. The largest absolute Gasteiger partial charge is 0.443 e. The molecule has 0 fully saturated rings. The minimum Gasteiger partial charge on any atom is -0.443 e. The van der Waals surface area contributed by atoms with Crippen molar-refractivity contribution < 1.29 is 17.9 Å². The molecule has 1 aromatic heterocycles. The summed E-state index contributed by atoms with van der Waals surface area (Å²) in [7, 11) is 2.80. The van der Waals surface area contributed by atoms with Gasteiger partial charge in [0, 0.05) is 14.1 Å². The molecule has 0 aliphatic carbocycles. The predicted molar refractivity (Wildman–Crippen MR) is 79.8 cm³/mol. The molecule has 0 amide bonds. The van der Waals surface area contributed by atoms with Crippen LogP contribution in [0, 0.1) is 0 Å². The second-order valence-corrected chi connectivity index (χ2v) is 5.32. The van der Waals surface area contributed by atoms with Gasteiger partial charge in [-0.1, -0.05) is 6.07 Å². The van der Waals surface area contributed by atoms with Crippen molar-refractivity contribution in [1.82, 2.24) is 9.13 Å². The molecule has 2 aromatic rings. The Morgan fingerprint density at radius 3 is 2.54 bits per heavy atom. The SMILES string of the molecule is Cn1c2c(c(=O)n(C)c1=O)CC(Oc1cccc(C(F)(F)F)c1)=N2. The minimum atomic E-state index is -4.49. The van der Waals surface area contributed by atoms with Crippen LogP contribution in [-0.2, 0) is 26.7 Å². The predicted octanol–water partition coefficient (Wildman–Crippen LogP) is 1.77. The van der Waals surface area contributed by atoms with Gasteiger partial charge in [-0.05, 0) is 18.2 Å². The molecule has 0 N–H and O–H groups in total. The van der Waals surface area contributed by atoms with Gasteiger partial charge in [-0.25, -0.2) is 4.79 Å². The quantitative estimate of drug-likeness (QED) is 0.795. The Hall–Kier alpha value is -2.84. The molecule has 6 nitrogen and oxygen atoms in total. The number of fused-ring (bicyclic) bond motifs is 1. The van der Waals surface area contributed by atoms with E-state index in [2.05, 4.69) is 4.99 Å². The van der Waals surface area contributed by atoms with Crippen molar-refractivity contribution in [3.05, 3.63) is 56.2 Å². The molecule has 0 atom stereocenters. The molecule has 0 unspecified atom stereocenters. The van der Waals surface area contributed by atoms with Crippen molar-refractivity contribution >= 4 is 11.7 Å². The molecular weight excluding hydrogens is 327 g/mol. The average Bonchev–Trinajstić information content (AvgIpc) is 2.94. The summed E-state index contributed by atoms with van der Waals surface area (Å²) in [5.41, 5.74) is -1.62. The van der Waals surface area contributed by atoms with Gasteiger partial charge in [0.25, 0.3) is 5.56 Å². The van der Waals surface area contributed by atoms with Crippen molar-refractivity contribution in [3.8, 4) is 5.75 Å². The van der Waals surface area contributed by atoms with E-state index < -0.39 is 23.0 Å². The third-order valence-electron chi connectivity index (χ3n) is 3.68. The maximum absolute atomic E-state index is 12.7. The van der Waals surface area contributed by atoms with Crippen LogP contribution in [0.5, 0.6) is 5.75 Å². The van der Waals surface area contributed by atoms with Crippen molar-refractivity contribution in [2.24, 2.45) is 19.1 Å². The number of nitrogens with zero attached hydrogens (tertiary/aromatic N) is 3. The van der Waals surface area contributed by atoms with E-state index in [1.54, 1.807) is 0 Å². The summed E-state index contributed by atoms with van der Waals surface area (Å²) in [6.07, 6.45) is -4.48. The molecular formula is C15H12F3N3O3. The number of aliphatic imine (C=N–C) groups is 1. The van der Waals surface area contributed by atoms with Gasteiger partial charge in [-0.3, -0.25) is 13.9 Å². The van der Waals surface area contributed by atoms with Crippen LogP contribution >= 0.6 is 0 Å². The third-order valence-corrected chi connectivity index (χ3v) is 3.68. The lowest BCUT2D eigenvalue weighted by molar-refractivity contribution is -0.137. The summed E-state index contributed by atoms with van der Waals surface area (Å²) in [5.74, 6) is 0.172. The number of hydrogen-bond donors (Lipinski definition) is 0. The Kier molecular flexibility index (Phi) is 3.58. The summed E-state index contributed by atoms with van der Waals surface area (Å²) >= 11 is 0. The highest BCUT2D eigenvalue weighted by Gasteiger charge is 2.31. The monoisotopic (exact) mass is 339 g/mol. The number of benzene rings is 1. The summed E-state index contributed by atoms with van der Waals surface area (Å²) in [4.78, 5) is 28.0. The van der Waals surface area contributed by atoms with Crippen LogP contribution in [0.2, 0.25) is 0 Å². The first-order valence-electron chi connectivity index (χ1n) is 6.90. The number of rotatable bonds is 1. The Morgan fingerprint density at radius 1 is 1.17 bits per heavy atom.